The van der Waals surface area contributed by atoms with Gasteiger partial charge in [-0.2, -0.15) is 47.9 Å². The third kappa shape index (κ3) is 3.44. The molecule has 0 aliphatic carbocycles. The van der Waals surface area contributed by atoms with Crippen LogP contribution in [0.3, 0.4) is 0 Å². The minimum atomic E-state index is -7.70. The van der Waals surface area contributed by atoms with Gasteiger partial charge >= 0.3 is 39.5 Å². The fourth-order valence-electron chi connectivity index (χ4n) is 0.869. The molecule has 0 aromatic rings. The monoisotopic (exact) mass is 374 g/mol. The van der Waals surface area contributed by atoms with Crippen molar-refractivity contribution in [3.8, 4) is 0 Å². The second kappa shape index (κ2) is 5.82. The molecular formula is C7H4F10O4S. The van der Waals surface area contributed by atoms with E-state index in [1.165, 1.54) is 0 Å². The van der Waals surface area contributed by atoms with Crippen LogP contribution in [-0.4, -0.2) is 44.3 Å². The summed E-state index contributed by atoms with van der Waals surface area (Å²) in [6.07, 6.45) is -8.09. The molecule has 0 spiro atoms. The largest absolute Gasteiger partial charge is 0.442 e. The van der Waals surface area contributed by atoms with Crippen molar-refractivity contribution in [3.63, 3.8) is 0 Å². The van der Waals surface area contributed by atoms with E-state index >= 15 is 0 Å². The summed E-state index contributed by atoms with van der Waals surface area (Å²) < 4.78 is 147. The lowest BCUT2D eigenvalue weighted by molar-refractivity contribution is -0.417. The maximum Gasteiger partial charge on any atom is 0.442 e. The van der Waals surface area contributed by atoms with Crippen LogP contribution >= 0.6 is 0 Å². The van der Waals surface area contributed by atoms with E-state index in [4.69, 9.17) is 0 Å². The maximum atomic E-state index is 12.8. The number of hydrogen-bond acceptors (Lipinski definition) is 4. The van der Waals surface area contributed by atoms with Gasteiger partial charge in [-0.25, -0.2) is 0 Å². The number of hydrogen-bond donors (Lipinski definition) is 0. The Hall–Kier alpha value is -1.12. The predicted octanol–water partition coefficient (Wildman–Crippen LogP) is 2.64. The minimum Gasteiger partial charge on any atom is -0.315 e. The molecule has 0 aliphatic rings. The fraction of sp³-hybridized carbons (Fsp3) is 0.857. The highest BCUT2D eigenvalue weighted by atomic mass is 32.3. The van der Waals surface area contributed by atoms with Gasteiger partial charge in [0.15, 0.2) is 0 Å². The molecule has 0 unspecified atom stereocenters. The summed E-state index contributed by atoms with van der Waals surface area (Å²) in [5.41, 5.74) is 0. The summed E-state index contributed by atoms with van der Waals surface area (Å²) in [6, 6.07) is -2.39. The Kier molecular flexibility index (Phi) is 5.53. The van der Waals surface area contributed by atoms with E-state index in [-0.39, 0.29) is 0 Å². The normalized spacial score (nSPS) is 15.0. The molecule has 0 saturated heterocycles. The number of ether oxygens (including phenoxy) is 1. The highest BCUT2D eigenvalue weighted by Crippen LogP contribution is 2.54. The average molecular weight is 374 g/mol. The minimum absolute atomic E-state index is 1.62. The van der Waals surface area contributed by atoms with Gasteiger partial charge in [-0.3, -0.25) is 4.79 Å². The molecule has 0 amide bonds. The van der Waals surface area contributed by atoms with Gasteiger partial charge in [0, 0.05) is 0 Å². The quantitative estimate of drug-likeness (QED) is 0.484. The van der Waals surface area contributed by atoms with Gasteiger partial charge in [-0.05, 0) is 0 Å². The Labute approximate surface area is 115 Å². The molecule has 0 fully saturated rings. The molecule has 0 bridgehead atoms. The zero-order valence-electron chi connectivity index (χ0n) is 9.74. The third-order valence-electron chi connectivity index (χ3n) is 2.01. The molecule has 22 heavy (non-hydrogen) atoms. The van der Waals surface area contributed by atoms with Gasteiger partial charge < -0.3 is 4.74 Å². The van der Waals surface area contributed by atoms with Crippen LogP contribution in [0.2, 0.25) is 0 Å². The molecule has 4 nitrogen and oxygen atoms in total. The van der Waals surface area contributed by atoms with Crippen molar-refractivity contribution in [2.45, 2.75) is 29.6 Å². The Morgan fingerprint density at radius 2 is 1.32 bits per heavy atom. The zero-order valence-corrected chi connectivity index (χ0v) is 10.6. The third-order valence-corrected chi connectivity index (χ3v) is 2.88. The lowest BCUT2D eigenvalue weighted by Crippen LogP contribution is -2.64. The molecule has 0 atom stereocenters. The van der Waals surface area contributed by atoms with Gasteiger partial charge in [0.1, 0.15) is 0 Å². The van der Waals surface area contributed by atoms with Crippen molar-refractivity contribution in [1.29, 1.82) is 0 Å². The summed E-state index contributed by atoms with van der Waals surface area (Å²) in [4.78, 5) is 9.69. The van der Waals surface area contributed by atoms with Crippen molar-refractivity contribution < 1.29 is 61.3 Å². The van der Waals surface area contributed by atoms with Crippen molar-refractivity contribution >= 4 is 16.3 Å². The molecule has 0 N–H and O–H groups in total. The van der Waals surface area contributed by atoms with Crippen molar-refractivity contribution in [2.24, 2.45) is 0 Å². The first-order valence-corrected chi connectivity index (χ1v) is 6.08. The first kappa shape index (κ1) is 20.9. The smallest absolute Gasteiger partial charge is 0.315 e. The molecule has 0 radical (unpaired) electrons. The first-order valence-electron chi connectivity index (χ1n) is 4.69. The van der Waals surface area contributed by atoms with Gasteiger partial charge in [-0.1, -0.05) is 3.89 Å². The highest BCUT2D eigenvalue weighted by molar-refractivity contribution is 7.87. The molecule has 0 rings (SSSR count). The van der Waals surface area contributed by atoms with E-state index < -0.39 is 52.5 Å². The molecule has 0 aromatic heterocycles. The van der Waals surface area contributed by atoms with E-state index in [1.807, 2.05) is 0 Å². The number of carbonyl (C=O) groups excluding carboxylic acids is 1. The van der Waals surface area contributed by atoms with Crippen LogP contribution in [0.15, 0.2) is 0 Å². The lowest BCUT2D eigenvalue weighted by Gasteiger charge is -2.34. The number of carbonyl (C=O) groups is 1. The van der Waals surface area contributed by atoms with Crippen molar-refractivity contribution in [3.05, 3.63) is 0 Å². The van der Waals surface area contributed by atoms with Crippen molar-refractivity contribution in [1.82, 2.24) is 0 Å². The fourth-order valence-corrected chi connectivity index (χ4v) is 1.30. The second-order valence-corrected chi connectivity index (χ2v) is 4.96. The highest BCUT2D eigenvalue weighted by Gasteiger charge is 2.85. The average Bonchev–Trinajstić information content (AvgIpc) is 2.25. The second-order valence-electron chi connectivity index (χ2n) is 3.57. The zero-order chi connectivity index (χ0) is 18.2. The van der Waals surface area contributed by atoms with Crippen LogP contribution in [0.5, 0.6) is 0 Å². The van der Waals surface area contributed by atoms with Crippen LogP contribution in [-0.2, 0) is 19.8 Å². The Morgan fingerprint density at radius 3 is 1.64 bits per heavy atom. The van der Waals surface area contributed by atoms with E-state index in [0.29, 0.717) is 0 Å². The topological polar surface area (TPSA) is 60.4 Å². The Bertz CT molecular complexity index is 527. The first-order chi connectivity index (χ1) is 9.42. The van der Waals surface area contributed by atoms with Crippen LogP contribution in [0.1, 0.15) is 6.42 Å². The number of rotatable bonds is 8. The van der Waals surface area contributed by atoms with E-state index in [0.717, 1.165) is 0 Å². The van der Waals surface area contributed by atoms with Gasteiger partial charge in [-0.15, -0.1) is 0 Å². The molecule has 132 valence electrons. The Morgan fingerprint density at radius 1 is 0.909 bits per heavy atom. The molecule has 0 saturated carbocycles. The number of halogens is 10. The van der Waals surface area contributed by atoms with Crippen LogP contribution in [0.4, 0.5) is 43.4 Å². The van der Waals surface area contributed by atoms with Gasteiger partial charge in [0.2, 0.25) is 0 Å². The standard InChI is InChI=1S/C7H4F10O4S/c8-3(18)1-2-21-6(13,14)4(9,10)5(11,12)7(15,16)22(17,19)20/h1-2H2. The summed E-state index contributed by atoms with van der Waals surface area (Å²) in [5.74, 6) is -14.7. The summed E-state index contributed by atoms with van der Waals surface area (Å²) in [7, 11) is -7.70. The number of alkyl halides is 8. The van der Waals surface area contributed by atoms with Crippen LogP contribution in [0, 0.1) is 0 Å². The molecule has 15 heteroatoms. The van der Waals surface area contributed by atoms with Crippen molar-refractivity contribution in [2.75, 3.05) is 6.61 Å². The molecular weight excluding hydrogens is 370 g/mol. The molecule has 0 aromatic carbocycles. The maximum absolute atomic E-state index is 12.8. The Balaban J connectivity index is 5.64. The van der Waals surface area contributed by atoms with Crippen LogP contribution in [0.25, 0.3) is 0 Å². The molecule has 0 heterocycles. The summed E-state index contributed by atoms with van der Waals surface area (Å²) in [5, 5.41) is -7.22. The van der Waals surface area contributed by atoms with Crippen LogP contribution < -0.4 is 0 Å². The van der Waals surface area contributed by atoms with Gasteiger partial charge in [0.05, 0.1) is 13.0 Å². The lowest BCUT2D eigenvalue weighted by atomic mass is 10.1. The SMILES string of the molecule is O=C(F)CCOC(F)(F)C(F)(F)C(F)(F)C(F)(F)S(=O)(=O)F. The van der Waals surface area contributed by atoms with E-state index in [2.05, 4.69) is 4.74 Å². The van der Waals surface area contributed by atoms with Gasteiger partial charge in [0.25, 0.3) is 0 Å². The predicted molar refractivity (Wildman–Crippen MR) is 46.5 cm³/mol. The summed E-state index contributed by atoms with van der Waals surface area (Å²) in [6.45, 7) is -1.93. The summed E-state index contributed by atoms with van der Waals surface area (Å²) >= 11 is 0. The van der Waals surface area contributed by atoms with E-state index in [9.17, 15) is 56.6 Å². The molecule has 0 aliphatic heterocycles. The van der Waals surface area contributed by atoms with E-state index in [1.54, 1.807) is 0 Å².